The molecule has 1 aliphatic rings. The van der Waals surface area contributed by atoms with Gasteiger partial charge < -0.3 is 9.73 Å². The third-order valence-electron chi connectivity index (χ3n) is 4.10. The Labute approximate surface area is 178 Å². The number of aliphatic imine (C=N–C) groups is 1. The van der Waals surface area contributed by atoms with E-state index < -0.39 is 11.7 Å². The number of hydrogen-bond donors (Lipinski definition) is 1. The summed E-state index contributed by atoms with van der Waals surface area (Å²) in [6.45, 7) is 0. The van der Waals surface area contributed by atoms with Crippen molar-refractivity contribution in [2.24, 2.45) is 4.99 Å². The number of nitrogens with zero attached hydrogens (tertiary/aromatic N) is 1. The number of amidine groups is 1. The summed E-state index contributed by atoms with van der Waals surface area (Å²) in [5, 5.41) is 3.46. The highest BCUT2D eigenvalue weighted by atomic mass is 35.5. The molecule has 1 aliphatic heterocycles. The highest BCUT2D eigenvalue weighted by Gasteiger charge is 2.30. The van der Waals surface area contributed by atoms with Gasteiger partial charge in [0.05, 0.1) is 21.2 Å². The monoisotopic (exact) mass is 448 g/mol. The first kappa shape index (κ1) is 20.3. The van der Waals surface area contributed by atoms with Gasteiger partial charge in [0.15, 0.2) is 5.17 Å². The fourth-order valence-corrected chi connectivity index (χ4v) is 3.69. The van der Waals surface area contributed by atoms with Crippen molar-refractivity contribution in [3.63, 3.8) is 0 Å². The molecule has 2 heterocycles. The number of furan rings is 1. The summed E-state index contributed by atoms with van der Waals surface area (Å²) in [6, 6.07) is 15.0. The molecule has 0 unspecified atom stereocenters. The molecular formula is C21H12ClF3N2O2S. The summed E-state index contributed by atoms with van der Waals surface area (Å²) < 4.78 is 44.4. The average molecular weight is 449 g/mol. The van der Waals surface area contributed by atoms with Gasteiger partial charge in [-0.25, -0.2) is 4.99 Å². The van der Waals surface area contributed by atoms with Crippen LogP contribution in [0, 0.1) is 0 Å². The Morgan fingerprint density at radius 2 is 1.87 bits per heavy atom. The Morgan fingerprint density at radius 3 is 2.63 bits per heavy atom. The van der Waals surface area contributed by atoms with E-state index in [1.165, 1.54) is 18.2 Å². The Morgan fingerprint density at radius 1 is 1.07 bits per heavy atom. The number of halogens is 4. The van der Waals surface area contributed by atoms with Gasteiger partial charge in [0, 0.05) is 11.6 Å². The molecule has 0 atom stereocenters. The van der Waals surface area contributed by atoms with E-state index in [1.807, 2.05) is 0 Å². The molecule has 2 aromatic carbocycles. The zero-order chi connectivity index (χ0) is 21.3. The van der Waals surface area contributed by atoms with Crippen molar-refractivity contribution in [3.8, 4) is 11.3 Å². The van der Waals surface area contributed by atoms with Gasteiger partial charge in [-0.2, -0.15) is 13.2 Å². The smallest absolute Gasteiger partial charge is 0.416 e. The Bertz CT molecular complexity index is 1180. The molecule has 4 rings (SSSR count). The van der Waals surface area contributed by atoms with Crippen LogP contribution in [0.15, 0.2) is 75.0 Å². The maximum Gasteiger partial charge on any atom is 0.416 e. The highest BCUT2D eigenvalue weighted by Crippen LogP contribution is 2.34. The number of rotatable bonds is 3. The molecule has 1 saturated heterocycles. The Kier molecular flexibility index (Phi) is 5.44. The Hall–Kier alpha value is -2.97. The lowest BCUT2D eigenvalue weighted by molar-refractivity contribution is -0.137. The number of para-hydroxylation sites is 1. The fraction of sp³-hybridized carbons (Fsp3) is 0.0476. The lowest BCUT2D eigenvalue weighted by Gasteiger charge is -2.07. The van der Waals surface area contributed by atoms with Crippen LogP contribution in [0.2, 0.25) is 5.02 Å². The van der Waals surface area contributed by atoms with Gasteiger partial charge in [-0.3, -0.25) is 4.79 Å². The van der Waals surface area contributed by atoms with E-state index in [-0.39, 0.29) is 11.7 Å². The van der Waals surface area contributed by atoms with Crippen LogP contribution in [-0.2, 0) is 11.0 Å². The van der Waals surface area contributed by atoms with Crippen LogP contribution < -0.4 is 5.32 Å². The average Bonchev–Trinajstić information content (AvgIpc) is 3.30. The molecule has 0 bridgehead atoms. The number of alkyl halides is 3. The minimum absolute atomic E-state index is 0.265. The molecule has 1 amide bonds. The molecular weight excluding hydrogens is 437 g/mol. The van der Waals surface area contributed by atoms with Crippen molar-refractivity contribution in [2.45, 2.75) is 6.18 Å². The molecule has 0 radical (unpaired) electrons. The first-order valence-corrected chi connectivity index (χ1v) is 9.80. The lowest BCUT2D eigenvalue weighted by atomic mass is 10.1. The van der Waals surface area contributed by atoms with Crippen LogP contribution >= 0.6 is 23.4 Å². The van der Waals surface area contributed by atoms with E-state index in [0.717, 1.165) is 23.9 Å². The first-order valence-electron chi connectivity index (χ1n) is 8.61. The van der Waals surface area contributed by atoms with Gasteiger partial charge in [-0.15, -0.1) is 0 Å². The van der Waals surface area contributed by atoms with Gasteiger partial charge in [-0.1, -0.05) is 35.9 Å². The number of hydrogen-bond acceptors (Lipinski definition) is 4. The standard InChI is InChI=1S/C21H12ClF3N2O2S/c22-15-6-1-2-7-16(15)26-20-27-19(28)18(30-20)11-14-8-9-17(29-14)12-4-3-5-13(10-12)21(23,24)25/h1-11H,(H,26,27,28)/b18-11-. The summed E-state index contributed by atoms with van der Waals surface area (Å²) in [6.07, 6.45) is -2.93. The number of benzene rings is 2. The maximum absolute atomic E-state index is 12.9. The van der Waals surface area contributed by atoms with Crippen molar-refractivity contribution >= 4 is 46.2 Å². The van der Waals surface area contributed by atoms with Gasteiger partial charge in [-0.05, 0) is 48.2 Å². The third-order valence-corrected chi connectivity index (χ3v) is 5.33. The zero-order valence-electron chi connectivity index (χ0n) is 15.0. The van der Waals surface area contributed by atoms with E-state index in [2.05, 4.69) is 10.3 Å². The van der Waals surface area contributed by atoms with Gasteiger partial charge >= 0.3 is 6.18 Å². The second-order valence-electron chi connectivity index (χ2n) is 6.21. The number of carbonyl (C=O) groups excluding carboxylic acids is 1. The predicted octanol–water partition coefficient (Wildman–Crippen LogP) is 6.51. The van der Waals surface area contributed by atoms with E-state index >= 15 is 0 Å². The molecule has 152 valence electrons. The van der Waals surface area contributed by atoms with Crippen molar-refractivity contribution < 1.29 is 22.4 Å². The molecule has 0 aliphatic carbocycles. The van der Waals surface area contributed by atoms with Gasteiger partial charge in [0.25, 0.3) is 5.91 Å². The fourth-order valence-electron chi connectivity index (χ4n) is 2.70. The molecule has 4 nitrogen and oxygen atoms in total. The topological polar surface area (TPSA) is 54.6 Å². The van der Waals surface area contributed by atoms with Crippen molar-refractivity contribution in [2.75, 3.05) is 0 Å². The molecule has 1 aromatic heterocycles. The number of amides is 1. The van der Waals surface area contributed by atoms with Crippen LogP contribution in [0.5, 0.6) is 0 Å². The minimum atomic E-state index is -4.44. The van der Waals surface area contributed by atoms with Crippen molar-refractivity contribution in [3.05, 3.63) is 81.9 Å². The minimum Gasteiger partial charge on any atom is -0.457 e. The zero-order valence-corrected chi connectivity index (χ0v) is 16.6. The molecule has 9 heteroatoms. The van der Waals surface area contributed by atoms with Crippen LogP contribution in [0.4, 0.5) is 18.9 Å². The predicted molar refractivity (Wildman–Crippen MR) is 111 cm³/mol. The first-order chi connectivity index (χ1) is 14.3. The molecule has 1 N–H and O–H groups in total. The van der Waals surface area contributed by atoms with Crippen LogP contribution in [0.25, 0.3) is 17.4 Å². The number of nitrogens with one attached hydrogen (secondary N) is 1. The normalized spacial score (nSPS) is 17.0. The summed E-state index contributed by atoms with van der Waals surface area (Å²) >= 11 is 7.19. The summed E-state index contributed by atoms with van der Waals surface area (Å²) in [7, 11) is 0. The van der Waals surface area contributed by atoms with Crippen LogP contribution in [0.1, 0.15) is 11.3 Å². The van der Waals surface area contributed by atoms with E-state index in [1.54, 1.807) is 36.4 Å². The second kappa shape index (κ2) is 8.04. The third kappa shape index (κ3) is 4.44. The number of carbonyl (C=O) groups is 1. The van der Waals surface area contributed by atoms with E-state index in [4.69, 9.17) is 16.0 Å². The van der Waals surface area contributed by atoms with Crippen LogP contribution in [-0.4, -0.2) is 11.1 Å². The van der Waals surface area contributed by atoms with Gasteiger partial charge in [0.2, 0.25) is 0 Å². The van der Waals surface area contributed by atoms with Crippen LogP contribution in [0.3, 0.4) is 0 Å². The van der Waals surface area contributed by atoms with Gasteiger partial charge in [0.1, 0.15) is 11.5 Å². The molecule has 0 saturated carbocycles. The quantitative estimate of drug-likeness (QED) is 0.465. The largest absolute Gasteiger partial charge is 0.457 e. The maximum atomic E-state index is 12.9. The lowest BCUT2D eigenvalue weighted by Crippen LogP contribution is -2.19. The van der Waals surface area contributed by atoms with Crippen molar-refractivity contribution in [1.82, 2.24) is 5.32 Å². The number of thioether (sulfide) groups is 1. The molecule has 30 heavy (non-hydrogen) atoms. The Balaban J connectivity index is 1.56. The SMILES string of the molecule is O=C1NC(=Nc2ccccc2Cl)S/C1=C\c1ccc(-c2cccc(C(F)(F)F)c2)o1. The summed E-state index contributed by atoms with van der Waals surface area (Å²) in [5.74, 6) is 0.239. The molecule has 0 spiro atoms. The summed E-state index contributed by atoms with van der Waals surface area (Å²) in [4.78, 5) is 16.9. The summed E-state index contributed by atoms with van der Waals surface area (Å²) in [5.41, 5.74) is 0.0504. The molecule has 3 aromatic rings. The van der Waals surface area contributed by atoms with Crippen molar-refractivity contribution in [1.29, 1.82) is 0 Å². The highest BCUT2D eigenvalue weighted by molar-refractivity contribution is 8.18. The van der Waals surface area contributed by atoms with E-state index in [0.29, 0.717) is 32.1 Å². The molecule has 1 fully saturated rings. The van der Waals surface area contributed by atoms with E-state index in [9.17, 15) is 18.0 Å². The second-order valence-corrected chi connectivity index (χ2v) is 7.65.